The second-order valence-electron chi connectivity index (χ2n) is 7.06. The second-order valence-corrected chi connectivity index (χ2v) is 7.95. The number of halogens is 2. The number of quaternary nitrogens is 1. The van der Waals surface area contributed by atoms with Crippen molar-refractivity contribution in [2.45, 2.75) is 19.8 Å². The van der Waals surface area contributed by atoms with Gasteiger partial charge >= 0.3 is 0 Å². The van der Waals surface area contributed by atoms with E-state index in [9.17, 15) is 10.0 Å². The quantitative estimate of drug-likeness (QED) is 0.311. The molecule has 1 aliphatic rings. The van der Waals surface area contributed by atoms with Crippen molar-refractivity contribution in [1.82, 2.24) is 0 Å². The molecule has 29 heavy (non-hydrogen) atoms. The highest BCUT2D eigenvalue weighted by molar-refractivity contribution is 6.35. The normalized spacial score (nSPS) is 19.1. The van der Waals surface area contributed by atoms with Crippen molar-refractivity contribution >= 4 is 29.5 Å². The topological polar surface area (TPSA) is 49.4 Å². The van der Waals surface area contributed by atoms with Crippen LogP contribution in [-0.2, 0) is 12.8 Å². The Kier molecular flexibility index (Phi) is 7.14. The Morgan fingerprint density at radius 3 is 2.59 bits per heavy atom. The largest absolute Gasteiger partial charge is 0.627 e. The SMILES string of the molecule is CCc1cccc(OCC2=C(Cl)C=C(Cl)C[N+]2([O-])CCc2ccc(C=O)cc2)c1. The Hall–Kier alpha value is -2.11. The Labute approximate surface area is 181 Å². The highest BCUT2D eigenvalue weighted by Gasteiger charge is 2.31. The molecule has 0 fully saturated rings. The highest BCUT2D eigenvalue weighted by atomic mass is 35.5. The lowest BCUT2D eigenvalue weighted by Crippen LogP contribution is -2.47. The zero-order chi connectivity index (χ0) is 20.9. The highest BCUT2D eigenvalue weighted by Crippen LogP contribution is 2.33. The molecule has 2 aromatic rings. The molecule has 6 heteroatoms. The summed E-state index contributed by atoms with van der Waals surface area (Å²) in [4.78, 5) is 10.8. The first-order valence-electron chi connectivity index (χ1n) is 9.53. The summed E-state index contributed by atoms with van der Waals surface area (Å²) >= 11 is 12.6. The van der Waals surface area contributed by atoms with Gasteiger partial charge in [0, 0.05) is 12.0 Å². The van der Waals surface area contributed by atoms with E-state index < -0.39 is 4.65 Å². The van der Waals surface area contributed by atoms with Crippen LogP contribution in [0.2, 0.25) is 0 Å². The monoisotopic (exact) mass is 431 g/mol. The molecule has 0 aliphatic carbocycles. The first-order chi connectivity index (χ1) is 13.9. The third kappa shape index (κ3) is 5.49. The Bertz CT molecular complexity index is 937. The van der Waals surface area contributed by atoms with Crippen LogP contribution in [0.5, 0.6) is 5.75 Å². The molecule has 0 aromatic heterocycles. The molecule has 0 saturated carbocycles. The first kappa shape index (κ1) is 21.6. The molecule has 0 saturated heterocycles. The molecule has 2 aromatic carbocycles. The number of allylic oxidation sites excluding steroid dienone is 2. The fraction of sp³-hybridized carbons (Fsp3) is 0.261. The predicted molar refractivity (Wildman–Crippen MR) is 117 cm³/mol. The number of carbonyl (C=O) groups excluding carboxylic acids is 1. The van der Waals surface area contributed by atoms with E-state index in [1.54, 1.807) is 18.2 Å². The average molecular weight is 432 g/mol. The Balaban J connectivity index is 1.75. The summed E-state index contributed by atoms with van der Waals surface area (Å²) in [6.45, 7) is 2.57. The van der Waals surface area contributed by atoms with E-state index >= 15 is 0 Å². The number of ether oxygens (including phenoxy) is 1. The van der Waals surface area contributed by atoms with Gasteiger partial charge in [0.1, 0.15) is 23.6 Å². The molecule has 1 heterocycles. The number of hydroxylamine groups is 3. The first-order valence-corrected chi connectivity index (χ1v) is 10.3. The van der Waals surface area contributed by atoms with Gasteiger partial charge in [-0.2, -0.15) is 0 Å². The molecule has 152 valence electrons. The van der Waals surface area contributed by atoms with Gasteiger partial charge in [-0.25, -0.2) is 0 Å². The Morgan fingerprint density at radius 1 is 1.14 bits per heavy atom. The van der Waals surface area contributed by atoms with Gasteiger partial charge in [0.25, 0.3) is 0 Å². The van der Waals surface area contributed by atoms with E-state index in [4.69, 9.17) is 27.9 Å². The lowest BCUT2D eigenvalue weighted by molar-refractivity contribution is -0.839. The summed E-state index contributed by atoms with van der Waals surface area (Å²) < 4.78 is 5.25. The van der Waals surface area contributed by atoms with Crippen LogP contribution >= 0.6 is 23.2 Å². The maximum Gasteiger partial charge on any atom is 0.166 e. The maximum absolute atomic E-state index is 13.6. The van der Waals surface area contributed by atoms with Crippen molar-refractivity contribution < 1.29 is 14.2 Å². The fourth-order valence-corrected chi connectivity index (χ4v) is 3.98. The van der Waals surface area contributed by atoms with Gasteiger partial charge in [-0.1, -0.05) is 66.5 Å². The van der Waals surface area contributed by atoms with E-state index in [-0.39, 0.29) is 19.7 Å². The minimum atomic E-state index is -0.656. The smallest absolute Gasteiger partial charge is 0.166 e. The van der Waals surface area contributed by atoms with Crippen LogP contribution in [0.25, 0.3) is 0 Å². The van der Waals surface area contributed by atoms with Gasteiger partial charge in [0.2, 0.25) is 0 Å². The van der Waals surface area contributed by atoms with Gasteiger partial charge in [0.05, 0.1) is 11.6 Å². The molecule has 0 radical (unpaired) electrons. The third-order valence-corrected chi connectivity index (χ3v) is 5.57. The van der Waals surface area contributed by atoms with E-state index in [0.717, 1.165) is 23.8 Å². The lowest BCUT2D eigenvalue weighted by atomic mass is 10.1. The minimum absolute atomic E-state index is 0.0975. The summed E-state index contributed by atoms with van der Waals surface area (Å²) in [6, 6.07) is 15.0. The average Bonchev–Trinajstić information content (AvgIpc) is 2.72. The molecule has 0 spiro atoms. The van der Waals surface area contributed by atoms with Crippen molar-refractivity contribution in [2.24, 2.45) is 0 Å². The van der Waals surface area contributed by atoms with E-state index in [0.29, 0.717) is 33.5 Å². The van der Waals surface area contributed by atoms with Crippen molar-refractivity contribution in [3.8, 4) is 5.75 Å². The molecule has 1 unspecified atom stereocenters. The van der Waals surface area contributed by atoms with Gasteiger partial charge < -0.3 is 14.6 Å². The minimum Gasteiger partial charge on any atom is -0.627 e. The van der Waals surface area contributed by atoms with Crippen LogP contribution in [0, 0.1) is 5.21 Å². The van der Waals surface area contributed by atoms with Crippen LogP contribution < -0.4 is 4.74 Å². The molecular formula is C23H23Cl2NO3. The number of hydrogen-bond donors (Lipinski definition) is 0. The molecule has 3 rings (SSSR count). The van der Waals surface area contributed by atoms with Crippen LogP contribution in [0.3, 0.4) is 0 Å². The molecular weight excluding hydrogens is 409 g/mol. The molecule has 0 amide bonds. The number of aryl methyl sites for hydroxylation is 1. The molecule has 0 bridgehead atoms. The van der Waals surface area contributed by atoms with Gasteiger partial charge in [-0.15, -0.1) is 0 Å². The van der Waals surface area contributed by atoms with Crippen LogP contribution in [0.4, 0.5) is 0 Å². The predicted octanol–water partition coefficient (Wildman–Crippen LogP) is 5.58. The number of rotatable bonds is 8. The van der Waals surface area contributed by atoms with E-state index in [1.165, 1.54) is 0 Å². The zero-order valence-corrected chi connectivity index (χ0v) is 17.7. The summed E-state index contributed by atoms with van der Waals surface area (Å²) in [5.74, 6) is 0.706. The summed E-state index contributed by atoms with van der Waals surface area (Å²) in [6.07, 6.45) is 3.86. The number of aldehydes is 1. The standard InChI is InChI=1S/C23H23Cl2NO3/c1-2-17-4-3-5-21(12-17)29-16-23-22(25)13-20(24)14-26(23,28)11-10-18-6-8-19(15-27)9-7-18/h3-9,12-13,15H,2,10-11,14,16H2,1H3. The van der Waals surface area contributed by atoms with Crippen molar-refractivity contribution in [1.29, 1.82) is 0 Å². The zero-order valence-electron chi connectivity index (χ0n) is 16.2. The number of carbonyl (C=O) groups is 1. The summed E-state index contributed by atoms with van der Waals surface area (Å²) in [5, 5.41) is 14.4. The second kappa shape index (κ2) is 9.59. The maximum atomic E-state index is 13.6. The van der Waals surface area contributed by atoms with Gasteiger partial charge in [-0.3, -0.25) is 4.79 Å². The molecule has 0 N–H and O–H groups in total. The lowest BCUT2D eigenvalue weighted by Gasteiger charge is -2.45. The molecule has 1 aliphatic heterocycles. The number of nitrogens with zero attached hydrogens (tertiary/aromatic N) is 1. The van der Waals surface area contributed by atoms with Crippen LogP contribution in [-0.4, -0.2) is 30.6 Å². The van der Waals surface area contributed by atoms with Crippen LogP contribution in [0.1, 0.15) is 28.4 Å². The van der Waals surface area contributed by atoms with Crippen LogP contribution in [0.15, 0.2) is 70.4 Å². The van der Waals surface area contributed by atoms with Gasteiger partial charge in [0.15, 0.2) is 12.3 Å². The Morgan fingerprint density at radius 2 is 1.90 bits per heavy atom. The van der Waals surface area contributed by atoms with Crippen molar-refractivity contribution in [3.63, 3.8) is 0 Å². The number of benzene rings is 2. The fourth-order valence-electron chi connectivity index (χ4n) is 3.28. The summed E-state index contributed by atoms with van der Waals surface area (Å²) in [7, 11) is 0. The van der Waals surface area contributed by atoms with Crippen molar-refractivity contribution in [2.75, 3.05) is 19.7 Å². The summed E-state index contributed by atoms with van der Waals surface area (Å²) in [5.41, 5.74) is 3.20. The molecule has 1 atom stereocenters. The third-order valence-electron chi connectivity index (χ3n) is 5.02. The van der Waals surface area contributed by atoms with Gasteiger partial charge in [-0.05, 0) is 35.8 Å². The number of hydrogen-bond acceptors (Lipinski definition) is 3. The molecule has 4 nitrogen and oxygen atoms in total. The van der Waals surface area contributed by atoms with Crippen molar-refractivity contribution in [3.05, 3.63) is 92.3 Å². The van der Waals surface area contributed by atoms with E-state index in [2.05, 4.69) is 6.92 Å². The van der Waals surface area contributed by atoms with E-state index in [1.807, 2.05) is 36.4 Å².